The lowest BCUT2D eigenvalue weighted by Crippen LogP contribution is -2.32. The molecule has 2 aromatic carbocycles. The largest absolute Gasteiger partial charge is 0.493 e. The van der Waals surface area contributed by atoms with Gasteiger partial charge in [0.2, 0.25) is 0 Å². The minimum Gasteiger partial charge on any atom is -0.493 e. The maximum atomic E-state index is 13.0. The van der Waals surface area contributed by atoms with E-state index >= 15 is 0 Å². The molecule has 11 heteroatoms. The number of imide groups is 1. The van der Waals surface area contributed by atoms with Gasteiger partial charge in [0.05, 0.1) is 28.7 Å². The lowest BCUT2D eigenvalue weighted by molar-refractivity contribution is -0.145. The molecule has 0 unspecified atom stereocenters. The van der Waals surface area contributed by atoms with Crippen molar-refractivity contribution in [2.24, 2.45) is 0 Å². The number of hydrogen-bond donors (Lipinski definition) is 0. The van der Waals surface area contributed by atoms with E-state index in [0.717, 1.165) is 16.7 Å². The Bertz CT molecular complexity index is 1110. The average molecular weight is 601 g/mol. The van der Waals surface area contributed by atoms with Crippen LogP contribution in [0.15, 0.2) is 41.3 Å². The van der Waals surface area contributed by atoms with Crippen LogP contribution in [0.3, 0.4) is 0 Å². The van der Waals surface area contributed by atoms with E-state index in [1.807, 2.05) is 22.6 Å². The lowest BCUT2D eigenvalue weighted by atomic mass is 10.2. The molecule has 1 aliphatic heterocycles. The Hall–Kier alpha value is -2.80. The van der Waals surface area contributed by atoms with Gasteiger partial charge in [-0.25, -0.2) is 9.18 Å². The van der Waals surface area contributed by atoms with Gasteiger partial charge in [-0.15, -0.1) is 0 Å². The van der Waals surface area contributed by atoms with E-state index in [9.17, 15) is 18.8 Å². The summed E-state index contributed by atoms with van der Waals surface area (Å²) in [5.74, 6) is -0.131. The van der Waals surface area contributed by atoms with Gasteiger partial charge in [0.15, 0.2) is 18.1 Å². The molecule has 0 radical (unpaired) electrons. The third-order valence-electron chi connectivity index (χ3n) is 4.46. The quantitative estimate of drug-likeness (QED) is 0.224. The van der Waals surface area contributed by atoms with Crippen molar-refractivity contribution in [3.63, 3.8) is 0 Å². The van der Waals surface area contributed by atoms with Crippen molar-refractivity contribution in [3.05, 3.63) is 56.3 Å². The van der Waals surface area contributed by atoms with Gasteiger partial charge in [0, 0.05) is 0 Å². The van der Waals surface area contributed by atoms with E-state index < -0.39 is 17.1 Å². The van der Waals surface area contributed by atoms with E-state index in [-0.39, 0.29) is 37.1 Å². The van der Waals surface area contributed by atoms with Crippen LogP contribution in [0, 0.1) is 9.39 Å². The molecule has 1 saturated heterocycles. The Balaban J connectivity index is 1.68. The molecule has 3 rings (SSSR count). The first-order valence-corrected chi connectivity index (χ1v) is 12.0. The van der Waals surface area contributed by atoms with Gasteiger partial charge >= 0.3 is 5.97 Å². The zero-order valence-electron chi connectivity index (χ0n) is 18.3. The number of ether oxygens (including phenoxy) is 4. The Labute approximate surface area is 213 Å². The number of amides is 2. The van der Waals surface area contributed by atoms with Gasteiger partial charge in [-0.3, -0.25) is 14.5 Å². The molecule has 0 aromatic heterocycles. The van der Waals surface area contributed by atoms with Crippen LogP contribution in [0.1, 0.15) is 12.5 Å². The van der Waals surface area contributed by atoms with Crippen LogP contribution >= 0.6 is 34.4 Å². The van der Waals surface area contributed by atoms with Crippen molar-refractivity contribution in [3.8, 4) is 17.2 Å². The van der Waals surface area contributed by atoms with E-state index in [2.05, 4.69) is 0 Å². The summed E-state index contributed by atoms with van der Waals surface area (Å²) in [6.07, 6.45) is 1.59. The minimum absolute atomic E-state index is 0.0564. The molecule has 1 fully saturated rings. The van der Waals surface area contributed by atoms with Crippen LogP contribution in [0.4, 0.5) is 9.18 Å². The summed E-state index contributed by atoms with van der Waals surface area (Å²) in [5.41, 5.74) is 0.623. The van der Waals surface area contributed by atoms with E-state index in [1.165, 1.54) is 31.4 Å². The number of nitrogens with zero attached hydrogens (tertiary/aromatic N) is 1. The van der Waals surface area contributed by atoms with Gasteiger partial charge in [-0.1, -0.05) is 0 Å². The van der Waals surface area contributed by atoms with E-state index in [1.54, 1.807) is 25.1 Å². The number of thioether (sulfide) groups is 1. The summed E-state index contributed by atoms with van der Waals surface area (Å²) in [6.45, 7) is 1.83. The Morgan fingerprint density at radius 3 is 2.59 bits per heavy atom. The number of rotatable bonds is 10. The fourth-order valence-corrected chi connectivity index (χ4v) is 4.57. The summed E-state index contributed by atoms with van der Waals surface area (Å²) in [4.78, 5) is 38.0. The highest BCUT2D eigenvalue weighted by molar-refractivity contribution is 14.1. The number of carbonyl (C=O) groups is 3. The summed E-state index contributed by atoms with van der Waals surface area (Å²) < 4.78 is 34.9. The van der Waals surface area contributed by atoms with Gasteiger partial charge in [0.25, 0.3) is 11.1 Å². The second kappa shape index (κ2) is 12.1. The van der Waals surface area contributed by atoms with Crippen LogP contribution < -0.4 is 14.2 Å². The zero-order chi connectivity index (χ0) is 24.7. The number of methoxy groups -OCH3 is 1. The fraction of sp³-hybridized carbons (Fsp3) is 0.261. The highest BCUT2D eigenvalue weighted by Crippen LogP contribution is 2.37. The average Bonchev–Trinajstić information content (AvgIpc) is 3.06. The molecule has 2 amide bonds. The van der Waals surface area contributed by atoms with Crippen molar-refractivity contribution in [1.29, 1.82) is 0 Å². The maximum absolute atomic E-state index is 13.0. The molecule has 8 nitrogen and oxygen atoms in total. The molecule has 34 heavy (non-hydrogen) atoms. The number of halogens is 2. The van der Waals surface area contributed by atoms with Crippen molar-refractivity contribution in [2.75, 3.05) is 33.5 Å². The molecule has 0 N–H and O–H groups in total. The molecule has 1 aliphatic rings. The molecule has 0 atom stereocenters. The standard InChI is InChI=1S/C23H21FINO7S/c1-3-31-20(27)13-33-21-17(25)10-14(11-18(21)30-2)12-19-22(28)26(23(29)34-19)8-9-32-16-6-4-15(24)5-7-16/h4-7,10-12H,3,8-9,13H2,1-2H3/b19-12-. The zero-order valence-corrected chi connectivity index (χ0v) is 21.3. The number of benzene rings is 2. The van der Waals surface area contributed by atoms with Gasteiger partial charge in [-0.2, -0.15) is 0 Å². The Morgan fingerprint density at radius 1 is 1.18 bits per heavy atom. The van der Waals surface area contributed by atoms with Gasteiger partial charge < -0.3 is 18.9 Å². The van der Waals surface area contributed by atoms with Crippen molar-refractivity contribution in [2.45, 2.75) is 6.92 Å². The number of hydrogen-bond acceptors (Lipinski definition) is 8. The second-order valence-electron chi connectivity index (χ2n) is 6.76. The first kappa shape index (κ1) is 25.8. The van der Waals surface area contributed by atoms with Crippen LogP contribution in [-0.2, 0) is 14.3 Å². The predicted molar refractivity (Wildman–Crippen MR) is 132 cm³/mol. The smallest absolute Gasteiger partial charge is 0.344 e. The predicted octanol–water partition coefficient (Wildman–Crippen LogP) is 4.50. The first-order chi connectivity index (χ1) is 16.3. The Morgan fingerprint density at radius 2 is 1.91 bits per heavy atom. The molecule has 0 saturated carbocycles. The second-order valence-corrected chi connectivity index (χ2v) is 8.92. The summed E-state index contributed by atoms with van der Waals surface area (Å²) in [5, 5.41) is -0.407. The monoisotopic (exact) mass is 601 g/mol. The summed E-state index contributed by atoms with van der Waals surface area (Å²) in [6, 6.07) is 8.86. The van der Waals surface area contributed by atoms with Crippen LogP contribution in [0.2, 0.25) is 0 Å². The minimum atomic E-state index is -0.499. The number of esters is 1. The molecule has 0 spiro atoms. The van der Waals surface area contributed by atoms with Crippen molar-refractivity contribution < 1.29 is 37.7 Å². The summed E-state index contributed by atoms with van der Waals surface area (Å²) >= 11 is 2.86. The molecular formula is C23H21FINO7S. The normalized spacial score (nSPS) is 14.5. The Kier molecular flexibility index (Phi) is 9.16. The van der Waals surface area contributed by atoms with Crippen molar-refractivity contribution in [1.82, 2.24) is 4.90 Å². The van der Waals surface area contributed by atoms with Crippen LogP contribution in [-0.4, -0.2) is 55.5 Å². The molecular weight excluding hydrogens is 580 g/mol. The highest BCUT2D eigenvalue weighted by Gasteiger charge is 2.35. The van der Waals surface area contributed by atoms with Crippen LogP contribution in [0.5, 0.6) is 17.2 Å². The van der Waals surface area contributed by atoms with Gasteiger partial charge in [0.1, 0.15) is 18.2 Å². The molecule has 2 aromatic rings. The topological polar surface area (TPSA) is 91.4 Å². The maximum Gasteiger partial charge on any atom is 0.344 e. The van der Waals surface area contributed by atoms with E-state index in [4.69, 9.17) is 18.9 Å². The highest BCUT2D eigenvalue weighted by atomic mass is 127. The molecule has 1 heterocycles. The molecule has 0 aliphatic carbocycles. The SMILES string of the molecule is CCOC(=O)COc1c(I)cc(/C=C2\SC(=O)N(CCOc3ccc(F)cc3)C2=O)cc1OC. The van der Waals surface area contributed by atoms with E-state index in [0.29, 0.717) is 26.4 Å². The summed E-state index contributed by atoms with van der Waals surface area (Å²) in [7, 11) is 1.46. The lowest BCUT2D eigenvalue weighted by Gasteiger charge is -2.14. The first-order valence-electron chi connectivity index (χ1n) is 10.1. The number of carbonyl (C=O) groups excluding carboxylic acids is 3. The third-order valence-corrected chi connectivity index (χ3v) is 6.17. The molecule has 0 bridgehead atoms. The third kappa shape index (κ3) is 6.63. The fourth-order valence-electron chi connectivity index (χ4n) is 2.93. The molecule has 180 valence electrons. The van der Waals surface area contributed by atoms with Crippen molar-refractivity contribution >= 4 is 57.5 Å². The van der Waals surface area contributed by atoms with Gasteiger partial charge in [-0.05, 0) is 89.3 Å². The van der Waals surface area contributed by atoms with Crippen LogP contribution in [0.25, 0.3) is 6.08 Å².